The summed E-state index contributed by atoms with van der Waals surface area (Å²) in [7, 11) is 3.11. The van der Waals surface area contributed by atoms with Gasteiger partial charge >= 0.3 is 5.97 Å². The van der Waals surface area contributed by atoms with Gasteiger partial charge in [0.25, 0.3) is 0 Å². The third kappa shape index (κ3) is 4.63. The maximum Gasteiger partial charge on any atom is 0.344 e. The number of benzene rings is 2. The lowest BCUT2D eigenvalue weighted by atomic mass is 10.1. The van der Waals surface area contributed by atoms with E-state index in [-0.39, 0.29) is 17.9 Å². The van der Waals surface area contributed by atoms with Crippen LogP contribution in [-0.4, -0.2) is 36.9 Å². The number of halogens is 1. The van der Waals surface area contributed by atoms with Crippen molar-refractivity contribution in [3.05, 3.63) is 69.3 Å². The Morgan fingerprint density at radius 1 is 1.20 bits per heavy atom. The maximum atomic E-state index is 12.5. The van der Waals surface area contributed by atoms with Gasteiger partial charge in [-0.15, -0.1) is 0 Å². The van der Waals surface area contributed by atoms with Crippen molar-refractivity contribution in [1.29, 1.82) is 0 Å². The quantitative estimate of drug-likeness (QED) is 0.587. The summed E-state index contributed by atoms with van der Waals surface area (Å²) >= 11 is 7.36. The van der Waals surface area contributed by atoms with Crippen LogP contribution < -0.4 is 9.47 Å². The zero-order chi connectivity index (χ0) is 21.7. The van der Waals surface area contributed by atoms with Gasteiger partial charge in [0, 0.05) is 11.6 Å². The molecule has 6 nitrogen and oxygen atoms in total. The minimum absolute atomic E-state index is 0.000461. The first-order valence-corrected chi connectivity index (χ1v) is 10.2. The standard InChI is InChI=1S/C22H20ClNO5S/c1-4-29-22(26)19-20(25)18(11-13-9-10-14(27-2)12-17(13)28-3)30-21(19)24-16-8-6-5-7-15(16)23/h5-12,25H,4H2,1-3H3/b18-11+,24-21?. The molecule has 0 spiro atoms. The minimum atomic E-state index is -0.654. The van der Waals surface area contributed by atoms with Crippen LogP contribution in [0.2, 0.25) is 5.02 Å². The predicted molar refractivity (Wildman–Crippen MR) is 120 cm³/mol. The Balaban J connectivity index is 2.08. The molecule has 0 amide bonds. The van der Waals surface area contributed by atoms with Gasteiger partial charge in [-0.05, 0) is 37.3 Å². The number of aliphatic hydroxyl groups excluding tert-OH is 1. The Morgan fingerprint density at radius 2 is 1.97 bits per heavy atom. The van der Waals surface area contributed by atoms with Crippen molar-refractivity contribution < 1.29 is 24.1 Å². The van der Waals surface area contributed by atoms with E-state index < -0.39 is 5.97 Å². The summed E-state index contributed by atoms with van der Waals surface area (Å²) in [6.45, 7) is 1.87. The molecule has 1 N–H and O–H groups in total. The molecule has 156 valence electrons. The first-order chi connectivity index (χ1) is 14.5. The zero-order valence-corrected chi connectivity index (χ0v) is 18.2. The van der Waals surface area contributed by atoms with Crippen molar-refractivity contribution >= 4 is 46.1 Å². The number of ether oxygens (including phenoxy) is 3. The third-order valence-corrected chi connectivity index (χ3v) is 5.51. The number of para-hydroxylation sites is 1. The number of carbonyl (C=O) groups is 1. The van der Waals surface area contributed by atoms with Gasteiger partial charge in [-0.3, -0.25) is 0 Å². The molecular weight excluding hydrogens is 426 g/mol. The number of hydrogen-bond donors (Lipinski definition) is 1. The Bertz CT molecular complexity index is 1060. The maximum absolute atomic E-state index is 12.5. The highest BCUT2D eigenvalue weighted by atomic mass is 35.5. The SMILES string of the molecule is CCOC(=O)C1=C(O)/C(=C\c2ccc(OC)cc2OC)SC1=Nc1ccccc1Cl. The summed E-state index contributed by atoms with van der Waals surface area (Å²) < 4.78 is 15.7. The number of methoxy groups -OCH3 is 2. The summed E-state index contributed by atoms with van der Waals surface area (Å²) in [5.41, 5.74) is 1.19. The van der Waals surface area contributed by atoms with Gasteiger partial charge in [-0.2, -0.15) is 0 Å². The molecule has 0 aromatic heterocycles. The van der Waals surface area contributed by atoms with E-state index in [9.17, 15) is 9.90 Å². The molecule has 1 heterocycles. The number of rotatable bonds is 6. The van der Waals surface area contributed by atoms with Crippen LogP contribution in [0, 0.1) is 0 Å². The summed E-state index contributed by atoms with van der Waals surface area (Å²) in [5.74, 6) is 0.339. The van der Waals surface area contributed by atoms with Crippen molar-refractivity contribution in [2.24, 2.45) is 4.99 Å². The Morgan fingerprint density at radius 3 is 2.63 bits per heavy atom. The fraction of sp³-hybridized carbons (Fsp3) is 0.182. The van der Waals surface area contributed by atoms with E-state index in [1.54, 1.807) is 69.7 Å². The van der Waals surface area contributed by atoms with Gasteiger partial charge in [0.1, 0.15) is 27.9 Å². The first-order valence-electron chi connectivity index (χ1n) is 9.04. The van der Waals surface area contributed by atoms with Gasteiger partial charge in [0.05, 0.1) is 36.4 Å². The van der Waals surface area contributed by atoms with E-state index in [1.165, 1.54) is 0 Å². The number of aliphatic imine (C=N–C) groups is 1. The lowest BCUT2D eigenvalue weighted by Gasteiger charge is -2.08. The monoisotopic (exact) mass is 445 g/mol. The van der Waals surface area contributed by atoms with Crippen molar-refractivity contribution in [2.45, 2.75) is 6.92 Å². The smallest absolute Gasteiger partial charge is 0.344 e. The van der Waals surface area contributed by atoms with E-state index in [2.05, 4.69) is 4.99 Å². The predicted octanol–water partition coefficient (Wildman–Crippen LogP) is 5.55. The molecule has 1 aliphatic rings. The van der Waals surface area contributed by atoms with Crippen molar-refractivity contribution in [2.75, 3.05) is 20.8 Å². The fourth-order valence-electron chi connectivity index (χ4n) is 2.72. The second kappa shape index (κ2) is 9.73. The Kier molecular flexibility index (Phi) is 7.07. The van der Waals surface area contributed by atoms with Gasteiger partial charge in [-0.1, -0.05) is 35.5 Å². The lowest BCUT2D eigenvalue weighted by molar-refractivity contribution is -0.138. The molecule has 0 aliphatic carbocycles. The van der Waals surface area contributed by atoms with Gasteiger partial charge < -0.3 is 19.3 Å². The first kappa shape index (κ1) is 21.8. The van der Waals surface area contributed by atoms with Crippen LogP contribution in [0.5, 0.6) is 11.5 Å². The molecule has 0 saturated heterocycles. The minimum Gasteiger partial charge on any atom is -0.506 e. The van der Waals surface area contributed by atoms with Crippen LogP contribution in [-0.2, 0) is 9.53 Å². The Hall–Kier alpha value is -2.90. The van der Waals surface area contributed by atoms with Gasteiger partial charge in [0.2, 0.25) is 0 Å². The number of aliphatic hydroxyl groups is 1. The fourth-order valence-corrected chi connectivity index (χ4v) is 3.92. The van der Waals surface area contributed by atoms with Crippen molar-refractivity contribution in [3.8, 4) is 11.5 Å². The number of thioether (sulfide) groups is 1. The second-order valence-corrected chi connectivity index (χ2v) is 7.47. The van der Waals surface area contributed by atoms with Crippen LogP contribution in [0.15, 0.2) is 63.7 Å². The molecular formula is C22H20ClNO5S. The van der Waals surface area contributed by atoms with Crippen molar-refractivity contribution in [3.63, 3.8) is 0 Å². The molecule has 0 bridgehead atoms. The van der Waals surface area contributed by atoms with E-state index in [0.29, 0.717) is 37.7 Å². The van der Waals surface area contributed by atoms with Gasteiger partial charge in [-0.25, -0.2) is 9.79 Å². The van der Waals surface area contributed by atoms with E-state index in [1.807, 2.05) is 0 Å². The molecule has 0 saturated carbocycles. The summed E-state index contributed by atoms with van der Waals surface area (Å²) in [4.78, 5) is 17.4. The molecule has 2 aromatic rings. The summed E-state index contributed by atoms with van der Waals surface area (Å²) in [6.07, 6.45) is 1.71. The average molecular weight is 446 g/mol. The molecule has 0 unspecified atom stereocenters. The number of nitrogens with zero attached hydrogens (tertiary/aromatic N) is 1. The van der Waals surface area contributed by atoms with Crippen LogP contribution in [0.4, 0.5) is 5.69 Å². The second-order valence-electron chi connectivity index (χ2n) is 6.03. The van der Waals surface area contributed by atoms with Crippen molar-refractivity contribution in [1.82, 2.24) is 0 Å². The molecule has 8 heteroatoms. The van der Waals surface area contributed by atoms with E-state index in [4.69, 9.17) is 25.8 Å². The van der Waals surface area contributed by atoms with Crippen LogP contribution in [0.3, 0.4) is 0 Å². The summed E-state index contributed by atoms with van der Waals surface area (Å²) in [5, 5.41) is 11.5. The third-order valence-electron chi connectivity index (χ3n) is 4.17. The van der Waals surface area contributed by atoms with E-state index >= 15 is 0 Å². The topological polar surface area (TPSA) is 77.4 Å². The highest BCUT2D eigenvalue weighted by Gasteiger charge is 2.33. The highest BCUT2D eigenvalue weighted by molar-refractivity contribution is 8.18. The molecule has 0 fully saturated rings. The largest absolute Gasteiger partial charge is 0.506 e. The molecule has 0 radical (unpaired) electrons. The lowest BCUT2D eigenvalue weighted by Crippen LogP contribution is -2.12. The van der Waals surface area contributed by atoms with Gasteiger partial charge in [0.15, 0.2) is 0 Å². The number of esters is 1. The Labute approximate surface area is 183 Å². The number of hydrogen-bond acceptors (Lipinski definition) is 7. The van der Waals surface area contributed by atoms with Crippen LogP contribution in [0.25, 0.3) is 6.08 Å². The molecule has 30 heavy (non-hydrogen) atoms. The molecule has 3 rings (SSSR count). The zero-order valence-electron chi connectivity index (χ0n) is 16.6. The molecule has 2 aromatic carbocycles. The number of carbonyl (C=O) groups excluding carboxylic acids is 1. The highest BCUT2D eigenvalue weighted by Crippen LogP contribution is 2.42. The van der Waals surface area contributed by atoms with Crippen LogP contribution in [0.1, 0.15) is 12.5 Å². The molecule has 1 aliphatic heterocycles. The van der Waals surface area contributed by atoms with E-state index in [0.717, 1.165) is 11.8 Å². The average Bonchev–Trinajstić information content (AvgIpc) is 3.05. The molecule has 0 atom stereocenters. The summed E-state index contributed by atoms with van der Waals surface area (Å²) in [6, 6.07) is 12.3. The normalized spacial score (nSPS) is 16.3. The van der Waals surface area contributed by atoms with Crippen LogP contribution >= 0.6 is 23.4 Å².